The summed E-state index contributed by atoms with van der Waals surface area (Å²) in [5, 5.41) is 2.23. The summed E-state index contributed by atoms with van der Waals surface area (Å²) in [5.74, 6) is 0.433. The van der Waals surface area contributed by atoms with Gasteiger partial charge in [-0.3, -0.25) is 0 Å². The molecule has 14 heavy (non-hydrogen) atoms. The number of thiazole rings is 1. The van der Waals surface area contributed by atoms with Crippen LogP contribution in [0.25, 0.3) is 10.2 Å². The van der Waals surface area contributed by atoms with Crippen molar-refractivity contribution in [2.24, 2.45) is 0 Å². The fraction of sp³-hybridized carbons (Fsp3) is 0.300. The maximum atomic E-state index is 6.06. The zero-order chi connectivity index (χ0) is 10.3. The third kappa shape index (κ3) is 1.62. The summed E-state index contributed by atoms with van der Waals surface area (Å²) in [6, 6.07) is 3.78. The van der Waals surface area contributed by atoms with E-state index in [4.69, 9.17) is 23.2 Å². The van der Waals surface area contributed by atoms with Crippen molar-refractivity contribution in [3.63, 3.8) is 0 Å². The Kier molecular flexibility index (Phi) is 2.69. The van der Waals surface area contributed by atoms with Gasteiger partial charge in [-0.1, -0.05) is 37.0 Å². The van der Waals surface area contributed by atoms with Crippen molar-refractivity contribution in [2.45, 2.75) is 19.8 Å². The first-order valence-corrected chi connectivity index (χ1v) is 5.91. The lowest BCUT2D eigenvalue weighted by atomic mass is 10.2. The molecule has 1 aromatic heterocycles. The van der Waals surface area contributed by atoms with E-state index in [0.29, 0.717) is 16.0 Å². The Morgan fingerprint density at radius 1 is 1.29 bits per heavy atom. The molecule has 1 heterocycles. The highest BCUT2D eigenvalue weighted by atomic mass is 35.5. The number of fused-ring (bicyclic) bond motifs is 1. The highest BCUT2D eigenvalue weighted by molar-refractivity contribution is 7.18. The summed E-state index contributed by atoms with van der Waals surface area (Å²) in [5.41, 5.74) is 0.827. The third-order valence-corrected chi connectivity index (χ3v) is 4.08. The van der Waals surface area contributed by atoms with Crippen LogP contribution in [0.15, 0.2) is 12.1 Å². The fourth-order valence-corrected chi connectivity index (χ4v) is 2.60. The molecule has 2 aromatic rings. The average molecular weight is 246 g/mol. The van der Waals surface area contributed by atoms with Gasteiger partial charge in [-0.2, -0.15) is 0 Å². The van der Waals surface area contributed by atoms with Crippen LogP contribution in [0.5, 0.6) is 0 Å². The molecule has 1 aromatic carbocycles. The van der Waals surface area contributed by atoms with Crippen LogP contribution in [-0.2, 0) is 0 Å². The number of hydrogen-bond donors (Lipinski definition) is 0. The Morgan fingerprint density at radius 2 is 2.00 bits per heavy atom. The summed E-state index contributed by atoms with van der Waals surface area (Å²) < 4.78 is 1.10. The predicted molar refractivity (Wildman–Crippen MR) is 63.7 cm³/mol. The van der Waals surface area contributed by atoms with Crippen LogP contribution in [0.2, 0.25) is 10.0 Å². The molecule has 0 unspecified atom stereocenters. The second kappa shape index (κ2) is 3.69. The van der Waals surface area contributed by atoms with E-state index in [0.717, 1.165) is 15.2 Å². The molecular weight excluding hydrogens is 237 g/mol. The normalized spacial score (nSPS) is 11.5. The topological polar surface area (TPSA) is 12.9 Å². The van der Waals surface area contributed by atoms with Gasteiger partial charge in [0.1, 0.15) is 5.52 Å². The van der Waals surface area contributed by atoms with Gasteiger partial charge in [-0.05, 0) is 12.1 Å². The Morgan fingerprint density at radius 3 is 2.64 bits per heavy atom. The lowest BCUT2D eigenvalue weighted by Gasteiger charge is -1.95. The molecule has 0 aliphatic rings. The first-order valence-electron chi connectivity index (χ1n) is 4.34. The first-order chi connectivity index (χ1) is 6.59. The van der Waals surface area contributed by atoms with Gasteiger partial charge in [0.25, 0.3) is 0 Å². The standard InChI is InChI=1S/C10H9Cl2NS/c1-5(2)10-13-9-7(14-10)4-3-6(11)8(9)12/h3-5H,1-2H3. The smallest absolute Gasteiger partial charge is 0.102 e. The second-order valence-electron chi connectivity index (χ2n) is 3.41. The number of benzene rings is 1. The molecule has 4 heteroatoms. The van der Waals surface area contributed by atoms with E-state index >= 15 is 0 Å². The summed E-state index contributed by atoms with van der Waals surface area (Å²) >= 11 is 13.6. The lowest BCUT2D eigenvalue weighted by molar-refractivity contribution is 0.857. The predicted octanol–water partition coefficient (Wildman–Crippen LogP) is 4.73. The SMILES string of the molecule is CC(C)c1nc2c(Cl)c(Cl)ccc2s1. The minimum atomic E-state index is 0.433. The molecule has 0 fully saturated rings. The number of nitrogens with zero attached hydrogens (tertiary/aromatic N) is 1. The van der Waals surface area contributed by atoms with E-state index in [1.807, 2.05) is 12.1 Å². The highest BCUT2D eigenvalue weighted by Gasteiger charge is 2.11. The third-order valence-electron chi connectivity index (χ3n) is 1.96. The van der Waals surface area contributed by atoms with E-state index in [2.05, 4.69) is 18.8 Å². The molecule has 0 saturated heterocycles. The quantitative estimate of drug-likeness (QED) is 0.709. The molecule has 0 saturated carbocycles. The molecule has 0 spiro atoms. The largest absolute Gasteiger partial charge is 0.239 e. The van der Waals surface area contributed by atoms with Gasteiger partial charge >= 0.3 is 0 Å². The Labute approximate surface area is 96.7 Å². The van der Waals surface area contributed by atoms with Crippen LogP contribution in [0.1, 0.15) is 24.8 Å². The lowest BCUT2D eigenvalue weighted by Crippen LogP contribution is -1.83. The molecular formula is C10H9Cl2NS. The average Bonchev–Trinajstić information content (AvgIpc) is 2.56. The molecule has 0 aliphatic carbocycles. The molecule has 0 bridgehead atoms. The molecule has 0 N–H and O–H groups in total. The van der Waals surface area contributed by atoms with Crippen LogP contribution in [-0.4, -0.2) is 4.98 Å². The Hall–Kier alpha value is -0.310. The number of hydrogen-bond acceptors (Lipinski definition) is 2. The van der Waals surface area contributed by atoms with Gasteiger partial charge in [-0.15, -0.1) is 11.3 Å². The van der Waals surface area contributed by atoms with Gasteiger partial charge in [0, 0.05) is 5.92 Å². The molecule has 2 rings (SSSR count). The van der Waals surface area contributed by atoms with Crippen molar-refractivity contribution >= 4 is 44.8 Å². The van der Waals surface area contributed by atoms with Crippen molar-refractivity contribution in [2.75, 3.05) is 0 Å². The first kappa shape index (κ1) is 10.2. The summed E-state index contributed by atoms with van der Waals surface area (Å²) in [6.07, 6.45) is 0. The van der Waals surface area contributed by atoms with Crippen LogP contribution < -0.4 is 0 Å². The Bertz CT molecular complexity index is 476. The van der Waals surface area contributed by atoms with E-state index in [1.54, 1.807) is 11.3 Å². The van der Waals surface area contributed by atoms with Crippen LogP contribution >= 0.6 is 34.5 Å². The van der Waals surface area contributed by atoms with Gasteiger partial charge < -0.3 is 0 Å². The molecule has 74 valence electrons. The zero-order valence-electron chi connectivity index (χ0n) is 7.84. The molecule has 0 radical (unpaired) electrons. The molecule has 0 amide bonds. The highest BCUT2D eigenvalue weighted by Crippen LogP contribution is 2.35. The van der Waals surface area contributed by atoms with Crippen molar-refractivity contribution in [3.05, 3.63) is 27.2 Å². The number of halogens is 2. The number of rotatable bonds is 1. The van der Waals surface area contributed by atoms with Crippen molar-refractivity contribution < 1.29 is 0 Å². The zero-order valence-corrected chi connectivity index (χ0v) is 10.2. The van der Waals surface area contributed by atoms with E-state index in [1.165, 1.54) is 0 Å². The molecule has 0 atom stereocenters. The second-order valence-corrected chi connectivity index (χ2v) is 5.26. The van der Waals surface area contributed by atoms with Gasteiger partial charge in [0.05, 0.1) is 19.8 Å². The van der Waals surface area contributed by atoms with E-state index in [9.17, 15) is 0 Å². The fourth-order valence-electron chi connectivity index (χ4n) is 1.20. The van der Waals surface area contributed by atoms with Crippen LogP contribution in [0.3, 0.4) is 0 Å². The van der Waals surface area contributed by atoms with Crippen LogP contribution in [0, 0.1) is 0 Å². The summed E-state index contributed by atoms with van der Waals surface area (Å²) in [4.78, 5) is 4.47. The summed E-state index contributed by atoms with van der Waals surface area (Å²) in [6.45, 7) is 4.24. The van der Waals surface area contributed by atoms with Gasteiger partial charge in [-0.25, -0.2) is 4.98 Å². The molecule has 0 aliphatic heterocycles. The van der Waals surface area contributed by atoms with Crippen LogP contribution in [0.4, 0.5) is 0 Å². The molecule has 1 nitrogen and oxygen atoms in total. The maximum Gasteiger partial charge on any atom is 0.102 e. The monoisotopic (exact) mass is 245 g/mol. The van der Waals surface area contributed by atoms with Crippen molar-refractivity contribution in [1.29, 1.82) is 0 Å². The maximum absolute atomic E-state index is 6.06. The van der Waals surface area contributed by atoms with E-state index < -0.39 is 0 Å². The van der Waals surface area contributed by atoms with E-state index in [-0.39, 0.29) is 0 Å². The number of aromatic nitrogens is 1. The summed E-state index contributed by atoms with van der Waals surface area (Å²) in [7, 11) is 0. The minimum absolute atomic E-state index is 0.433. The van der Waals surface area contributed by atoms with Gasteiger partial charge in [0.2, 0.25) is 0 Å². The van der Waals surface area contributed by atoms with Gasteiger partial charge in [0.15, 0.2) is 0 Å². The van der Waals surface area contributed by atoms with Crippen molar-refractivity contribution in [3.8, 4) is 0 Å². The minimum Gasteiger partial charge on any atom is -0.239 e. The van der Waals surface area contributed by atoms with Crippen molar-refractivity contribution in [1.82, 2.24) is 4.98 Å². The Balaban J connectivity index is 2.71.